The molecule has 3 nitrogen and oxygen atoms in total. The molecule has 0 aliphatic heterocycles. The first-order valence-electron chi connectivity index (χ1n) is 19.0. The molecule has 0 spiro atoms. The first-order valence-corrected chi connectivity index (χ1v) is 19.0. The van der Waals surface area contributed by atoms with Crippen LogP contribution in [-0.2, 0) is 5.41 Å². The average molecular weight is 702 g/mol. The van der Waals surface area contributed by atoms with Crippen molar-refractivity contribution in [3.05, 3.63) is 187 Å². The lowest BCUT2D eigenvalue weighted by Crippen LogP contribution is -2.17. The molecule has 0 bridgehead atoms. The molecule has 1 aromatic heterocycles. The largest absolute Gasteiger partial charge is 0.208 e. The van der Waals surface area contributed by atoms with E-state index in [0.717, 1.165) is 22.3 Å². The van der Waals surface area contributed by atoms with E-state index in [1.54, 1.807) is 0 Å². The molecule has 0 amide bonds. The van der Waals surface area contributed by atoms with Gasteiger partial charge in [-0.25, -0.2) is 15.0 Å². The van der Waals surface area contributed by atoms with Crippen molar-refractivity contribution in [3.8, 4) is 56.4 Å². The van der Waals surface area contributed by atoms with E-state index in [1.807, 2.05) is 18.2 Å². The Morgan fingerprint density at radius 2 is 0.800 bits per heavy atom. The number of hydrogen-bond donors (Lipinski definition) is 0. The van der Waals surface area contributed by atoms with E-state index in [-0.39, 0.29) is 5.41 Å². The second-order valence-corrected chi connectivity index (χ2v) is 15.1. The van der Waals surface area contributed by atoms with Gasteiger partial charge in [-0.3, -0.25) is 0 Å². The van der Waals surface area contributed by atoms with Crippen molar-refractivity contribution in [2.45, 2.75) is 19.3 Å². The molecule has 1 aliphatic carbocycles. The van der Waals surface area contributed by atoms with E-state index in [2.05, 4.69) is 172 Å². The highest BCUT2D eigenvalue weighted by Crippen LogP contribution is 2.52. The molecule has 0 unspecified atom stereocenters. The van der Waals surface area contributed by atoms with Gasteiger partial charge in [0.2, 0.25) is 0 Å². The van der Waals surface area contributed by atoms with Crippen molar-refractivity contribution in [2.24, 2.45) is 0 Å². The van der Waals surface area contributed by atoms with Gasteiger partial charge >= 0.3 is 0 Å². The minimum absolute atomic E-state index is 0.204. The van der Waals surface area contributed by atoms with Crippen LogP contribution in [-0.4, -0.2) is 15.0 Å². The monoisotopic (exact) mass is 701 g/mol. The maximum Gasteiger partial charge on any atom is 0.164 e. The van der Waals surface area contributed by atoms with Crippen molar-refractivity contribution >= 4 is 43.1 Å². The Bertz CT molecular complexity index is 3160. The quantitative estimate of drug-likeness (QED) is 0.171. The maximum absolute atomic E-state index is 5.24. The summed E-state index contributed by atoms with van der Waals surface area (Å²) in [6, 6.07) is 63.1. The Morgan fingerprint density at radius 1 is 0.327 bits per heavy atom. The Kier molecular flexibility index (Phi) is 6.90. The Morgan fingerprint density at radius 3 is 1.51 bits per heavy atom. The summed E-state index contributed by atoms with van der Waals surface area (Å²) < 4.78 is 0. The van der Waals surface area contributed by atoms with E-state index >= 15 is 0 Å². The molecule has 0 saturated carbocycles. The minimum atomic E-state index is -0.204. The van der Waals surface area contributed by atoms with Crippen molar-refractivity contribution < 1.29 is 0 Å². The second kappa shape index (κ2) is 12.0. The van der Waals surface area contributed by atoms with Crippen LogP contribution in [0.3, 0.4) is 0 Å². The van der Waals surface area contributed by atoms with Crippen LogP contribution in [0.1, 0.15) is 25.0 Å². The van der Waals surface area contributed by atoms with Crippen LogP contribution in [0.5, 0.6) is 0 Å². The summed E-state index contributed by atoms with van der Waals surface area (Å²) in [5.74, 6) is 2.00. The van der Waals surface area contributed by atoms with E-state index in [9.17, 15) is 0 Å². The molecule has 0 N–H and O–H groups in total. The number of nitrogens with zero attached hydrogens (tertiary/aromatic N) is 3. The van der Waals surface area contributed by atoms with E-state index < -0.39 is 0 Å². The van der Waals surface area contributed by atoms with Gasteiger partial charge in [-0.2, -0.15) is 0 Å². The highest BCUT2D eigenvalue weighted by molar-refractivity contribution is 6.33. The van der Waals surface area contributed by atoms with E-state index in [0.29, 0.717) is 17.5 Å². The first-order chi connectivity index (χ1) is 27.0. The van der Waals surface area contributed by atoms with Crippen LogP contribution in [0, 0.1) is 0 Å². The molecule has 55 heavy (non-hydrogen) atoms. The highest BCUT2D eigenvalue weighted by Gasteiger charge is 2.38. The third-order valence-electron chi connectivity index (χ3n) is 11.7. The normalized spacial score (nSPS) is 13.1. The number of fused-ring (bicyclic) bond motifs is 11. The Balaban J connectivity index is 1.09. The molecule has 11 rings (SSSR count). The fourth-order valence-electron chi connectivity index (χ4n) is 9.18. The highest BCUT2D eigenvalue weighted by atomic mass is 15.0. The van der Waals surface area contributed by atoms with Crippen LogP contribution in [0.4, 0.5) is 0 Å². The topological polar surface area (TPSA) is 38.7 Å². The van der Waals surface area contributed by atoms with Crippen LogP contribution in [0.2, 0.25) is 0 Å². The summed E-state index contributed by atoms with van der Waals surface area (Å²) in [4.78, 5) is 15.5. The Labute approximate surface area is 319 Å². The van der Waals surface area contributed by atoms with Gasteiger partial charge < -0.3 is 0 Å². The lowest BCUT2D eigenvalue weighted by Gasteiger charge is -2.24. The average Bonchev–Trinajstić information content (AvgIpc) is 3.49. The first kappa shape index (κ1) is 31.5. The van der Waals surface area contributed by atoms with Crippen LogP contribution in [0.15, 0.2) is 176 Å². The molecular weight excluding hydrogens is 667 g/mol. The molecule has 0 fully saturated rings. The summed E-state index contributed by atoms with van der Waals surface area (Å²) in [6.45, 7) is 4.61. The molecule has 3 heteroatoms. The molecule has 0 radical (unpaired) electrons. The van der Waals surface area contributed by atoms with E-state index in [4.69, 9.17) is 15.0 Å². The summed E-state index contributed by atoms with van der Waals surface area (Å²) in [7, 11) is 0. The molecule has 1 heterocycles. The van der Waals surface area contributed by atoms with Crippen LogP contribution >= 0.6 is 0 Å². The zero-order valence-corrected chi connectivity index (χ0v) is 30.6. The minimum Gasteiger partial charge on any atom is -0.208 e. The van der Waals surface area contributed by atoms with Gasteiger partial charge in [0.15, 0.2) is 17.5 Å². The second-order valence-electron chi connectivity index (χ2n) is 15.1. The third kappa shape index (κ3) is 4.79. The van der Waals surface area contributed by atoms with Gasteiger partial charge in [-0.15, -0.1) is 0 Å². The Hall–Kier alpha value is -6.97. The van der Waals surface area contributed by atoms with Gasteiger partial charge in [-0.05, 0) is 82.5 Å². The van der Waals surface area contributed by atoms with E-state index in [1.165, 1.54) is 70.9 Å². The fraction of sp³-hybridized carbons (Fsp3) is 0.0577. The number of aromatic nitrogens is 3. The van der Waals surface area contributed by atoms with Crippen molar-refractivity contribution in [2.75, 3.05) is 0 Å². The summed E-state index contributed by atoms with van der Waals surface area (Å²) in [6.07, 6.45) is 0. The SMILES string of the molecule is CC1(C)c2ccccc2-c2cccc(-c3nc(-c4ccccc4)nc(-c4ccc(-c5cc6c7ccccc7c7ccccc7c6c6ccccc56)cc4)n3)c21. The predicted molar refractivity (Wildman–Crippen MR) is 229 cm³/mol. The van der Waals surface area contributed by atoms with Crippen molar-refractivity contribution in [1.29, 1.82) is 0 Å². The number of hydrogen-bond acceptors (Lipinski definition) is 3. The molecule has 258 valence electrons. The zero-order valence-electron chi connectivity index (χ0n) is 30.6. The summed E-state index contributed by atoms with van der Waals surface area (Å²) in [5.41, 5.74) is 10.2. The van der Waals surface area contributed by atoms with Crippen molar-refractivity contribution in [1.82, 2.24) is 15.0 Å². The predicted octanol–water partition coefficient (Wildman–Crippen LogP) is 13.5. The zero-order chi connectivity index (χ0) is 36.7. The van der Waals surface area contributed by atoms with Gasteiger partial charge in [0.25, 0.3) is 0 Å². The lowest BCUT2D eigenvalue weighted by molar-refractivity contribution is 0.661. The smallest absolute Gasteiger partial charge is 0.164 e. The third-order valence-corrected chi connectivity index (χ3v) is 11.7. The fourth-order valence-corrected chi connectivity index (χ4v) is 9.18. The van der Waals surface area contributed by atoms with Gasteiger partial charge in [-0.1, -0.05) is 184 Å². The van der Waals surface area contributed by atoms with Crippen LogP contribution in [0.25, 0.3) is 99.5 Å². The molecule has 0 atom stereocenters. The van der Waals surface area contributed by atoms with Gasteiger partial charge in [0.05, 0.1) is 0 Å². The van der Waals surface area contributed by atoms with Gasteiger partial charge in [0, 0.05) is 22.1 Å². The van der Waals surface area contributed by atoms with Gasteiger partial charge in [0.1, 0.15) is 0 Å². The van der Waals surface area contributed by atoms with Crippen LogP contribution < -0.4 is 0 Å². The maximum atomic E-state index is 5.24. The molecule has 10 aromatic rings. The molecule has 9 aromatic carbocycles. The molecule has 0 saturated heterocycles. The summed E-state index contributed by atoms with van der Waals surface area (Å²) >= 11 is 0. The number of rotatable bonds is 4. The molecule has 1 aliphatic rings. The standard InChI is InChI=1S/C52H35N3/c1-52(2)46-26-13-12-21-39(46)42-24-14-25-43(48(42)52)51-54-49(33-15-4-3-5-16-33)53-50(55-51)34-29-27-32(28-30-34)44-31-45-37-19-7-6-17-35(37)36-18-8-10-22-40(36)47(45)41-23-11-9-20-38(41)44/h3-31H,1-2H3. The van der Waals surface area contributed by atoms with Crippen molar-refractivity contribution in [3.63, 3.8) is 0 Å². The molecular formula is C52H35N3. The lowest BCUT2D eigenvalue weighted by atomic mass is 9.80. The summed E-state index contributed by atoms with van der Waals surface area (Å²) in [5, 5.41) is 10.2. The number of benzene rings is 9.